The zero-order chi connectivity index (χ0) is 18.8. The number of nitrogens with zero attached hydrogens (tertiary/aromatic N) is 4. The van der Waals surface area contributed by atoms with Gasteiger partial charge in [0.2, 0.25) is 0 Å². The van der Waals surface area contributed by atoms with Crippen molar-refractivity contribution in [3.05, 3.63) is 76.9 Å². The predicted octanol–water partition coefficient (Wildman–Crippen LogP) is 3.13. The maximum absolute atomic E-state index is 12.9. The number of aromatic nitrogens is 3. The fraction of sp³-hybridized carbons (Fsp3) is 0.286. The lowest BCUT2D eigenvalue weighted by Gasteiger charge is -2.27. The first-order valence-corrected chi connectivity index (χ1v) is 9.07. The van der Waals surface area contributed by atoms with Crippen LogP contribution in [-0.4, -0.2) is 32.1 Å². The first-order valence-electron chi connectivity index (χ1n) is 9.07. The zero-order valence-electron chi connectivity index (χ0n) is 15.6. The number of benzene rings is 1. The van der Waals surface area contributed by atoms with Crippen LogP contribution in [0.5, 0.6) is 5.75 Å². The fourth-order valence-corrected chi connectivity index (χ4v) is 3.15. The minimum Gasteiger partial charge on any atom is -0.487 e. The summed E-state index contributed by atoms with van der Waals surface area (Å²) < 4.78 is 7.52. The first-order chi connectivity index (χ1) is 13.1. The number of amides is 1. The van der Waals surface area contributed by atoms with Crippen LogP contribution < -0.4 is 4.74 Å². The van der Waals surface area contributed by atoms with Crippen LogP contribution in [0.15, 0.2) is 48.5 Å². The molecule has 0 N–H and O–H groups in total. The molecular formula is C21H22N4O2. The van der Waals surface area contributed by atoms with Gasteiger partial charge < -0.3 is 9.64 Å². The number of aryl methyl sites for hydroxylation is 2. The number of rotatable bonds is 5. The topological polar surface area (TPSA) is 60.2 Å². The van der Waals surface area contributed by atoms with E-state index in [0.29, 0.717) is 31.9 Å². The Morgan fingerprint density at radius 2 is 1.85 bits per heavy atom. The van der Waals surface area contributed by atoms with Gasteiger partial charge in [-0.15, -0.1) is 0 Å². The van der Waals surface area contributed by atoms with E-state index in [1.165, 1.54) is 0 Å². The molecule has 1 amide bonds. The summed E-state index contributed by atoms with van der Waals surface area (Å²) in [6.07, 6.45) is 0. The molecule has 1 aliphatic heterocycles. The summed E-state index contributed by atoms with van der Waals surface area (Å²) in [5, 5.41) is 4.51. The van der Waals surface area contributed by atoms with Crippen molar-refractivity contribution in [1.29, 1.82) is 0 Å². The van der Waals surface area contributed by atoms with Crippen molar-refractivity contribution in [2.75, 3.05) is 6.54 Å². The van der Waals surface area contributed by atoms with Gasteiger partial charge in [-0.2, -0.15) is 5.10 Å². The molecule has 0 saturated carbocycles. The molecule has 1 aliphatic rings. The second-order valence-electron chi connectivity index (χ2n) is 6.78. The molecule has 0 radical (unpaired) electrons. The molecule has 0 atom stereocenters. The van der Waals surface area contributed by atoms with Gasteiger partial charge in [-0.05, 0) is 43.7 Å². The second kappa shape index (κ2) is 7.23. The first kappa shape index (κ1) is 17.3. The summed E-state index contributed by atoms with van der Waals surface area (Å²) in [6, 6.07) is 15.5. The predicted molar refractivity (Wildman–Crippen MR) is 101 cm³/mol. The fourth-order valence-electron chi connectivity index (χ4n) is 3.15. The number of fused-ring (bicyclic) bond motifs is 1. The molecule has 2 aromatic heterocycles. The molecule has 4 rings (SSSR count). The Hall–Kier alpha value is -3.15. The van der Waals surface area contributed by atoms with Crippen molar-refractivity contribution in [3.63, 3.8) is 0 Å². The van der Waals surface area contributed by atoms with E-state index in [0.717, 1.165) is 28.4 Å². The van der Waals surface area contributed by atoms with E-state index in [9.17, 15) is 4.79 Å². The molecule has 0 saturated heterocycles. The van der Waals surface area contributed by atoms with Crippen molar-refractivity contribution in [2.24, 2.45) is 0 Å². The average molecular weight is 362 g/mol. The van der Waals surface area contributed by atoms with Gasteiger partial charge in [0.25, 0.3) is 5.91 Å². The normalized spacial score (nSPS) is 13.6. The van der Waals surface area contributed by atoms with Gasteiger partial charge in [-0.3, -0.25) is 14.5 Å². The largest absolute Gasteiger partial charge is 0.487 e. The molecule has 1 aromatic carbocycles. The van der Waals surface area contributed by atoms with Gasteiger partial charge in [-0.25, -0.2) is 0 Å². The maximum Gasteiger partial charge on any atom is 0.272 e. The van der Waals surface area contributed by atoms with E-state index < -0.39 is 0 Å². The standard InChI is InChI=1S/C21H22N4O2/c1-15-8-9-17(22-16(15)2)13-24-10-11-25-20(21(24)26)12-18(23-25)14-27-19-6-4-3-5-7-19/h3-9,12H,10-11,13-14H2,1-2H3. The Morgan fingerprint density at radius 1 is 1.04 bits per heavy atom. The van der Waals surface area contributed by atoms with Crippen LogP contribution in [0.2, 0.25) is 0 Å². The van der Waals surface area contributed by atoms with Crippen LogP contribution in [-0.2, 0) is 19.7 Å². The minimum absolute atomic E-state index is 0.0141. The monoisotopic (exact) mass is 362 g/mol. The molecule has 0 fully saturated rings. The van der Waals surface area contributed by atoms with E-state index in [-0.39, 0.29) is 5.91 Å². The number of carbonyl (C=O) groups excluding carboxylic acids is 1. The number of pyridine rings is 1. The van der Waals surface area contributed by atoms with E-state index in [2.05, 4.69) is 16.1 Å². The van der Waals surface area contributed by atoms with E-state index >= 15 is 0 Å². The van der Waals surface area contributed by atoms with Crippen LogP contribution in [0.1, 0.15) is 33.1 Å². The lowest BCUT2D eigenvalue weighted by molar-refractivity contribution is 0.0681. The van der Waals surface area contributed by atoms with E-state index in [1.54, 1.807) is 4.68 Å². The van der Waals surface area contributed by atoms with Gasteiger partial charge in [0.05, 0.1) is 18.8 Å². The second-order valence-corrected chi connectivity index (χ2v) is 6.78. The quantitative estimate of drug-likeness (QED) is 0.700. The Balaban J connectivity index is 1.45. The average Bonchev–Trinajstić information content (AvgIpc) is 3.10. The van der Waals surface area contributed by atoms with Gasteiger partial charge in [0.15, 0.2) is 0 Å². The van der Waals surface area contributed by atoms with Crippen LogP contribution in [0.3, 0.4) is 0 Å². The molecule has 138 valence electrons. The van der Waals surface area contributed by atoms with Crippen molar-refractivity contribution in [1.82, 2.24) is 19.7 Å². The minimum atomic E-state index is -0.0141. The number of hydrogen-bond donors (Lipinski definition) is 0. The van der Waals surface area contributed by atoms with Crippen molar-refractivity contribution >= 4 is 5.91 Å². The third-order valence-corrected chi connectivity index (χ3v) is 4.81. The van der Waals surface area contributed by atoms with Gasteiger partial charge in [-0.1, -0.05) is 24.3 Å². The molecule has 0 spiro atoms. The SMILES string of the molecule is Cc1ccc(CN2CCn3nc(COc4ccccc4)cc3C2=O)nc1C. The molecule has 0 aliphatic carbocycles. The number of hydrogen-bond acceptors (Lipinski definition) is 4. The number of ether oxygens (including phenoxy) is 1. The third-order valence-electron chi connectivity index (χ3n) is 4.81. The van der Waals surface area contributed by atoms with Gasteiger partial charge >= 0.3 is 0 Å². The van der Waals surface area contributed by atoms with Crippen molar-refractivity contribution < 1.29 is 9.53 Å². The van der Waals surface area contributed by atoms with Crippen LogP contribution in [0, 0.1) is 13.8 Å². The summed E-state index contributed by atoms with van der Waals surface area (Å²) in [5.74, 6) is 0.775. The van der Waals surface area contributed by atoms with Crippen molar-refractivity contribution in [2.45, 2.75) is 33.5 Å². The highest BCUT2D eigenvalue weighted by Crippen LogP contribution is 2.18. The molecule has 3 heterocycles. The molecule has 3 aromatic rings. The van der Waals surface area contributed by atoms with Crippen molar-refractivity contribution in [3.8, 4) is 5.75 Å². The Kier molecular flexibility index (Phi) is 4.62. The molecular weight excluding hydrogens is 340 g/mol. The summed E-state index contributed by atoms with van der Waals surface area (Å²) in [7, 11) is 0. The highest BCUT2D eigenvalue weighted by atomic mass is 16.5. The molecule has 6 nitrogen and oxygen atoms in total. The zero-order valence-corrected chi connectivity index (χ0v) is 15.6. The molecule has 6 heteroatoms. The number of carbonyl (C=O) groups is 1. The summed E-state index contributed by atoms with van der Waals surface area (Å²) in [4.78, 5) is 19.3. The van der Waals surface area contributed by atoms with Crippen LogP contribution in [0.4, 0.5) is 0 Å². The molecule has 0 bridgehead atoms. The number of para-hydroxylation sites is 1. The highest BCUT2D eigenvalue weighted by Gasteiger charge is 2.26. The Morgan fingerprint density at radius 3 is 2.63 bits per heavy atom. The highest BCUT2D eigenvalue weighted by molar-refractivity contribution is 5.93. The third kappa shape index (κ3) is 3.69. The van der Waals surface area contributed by atoms with Crippen LogP contribution >= 0.6 is 0 Å². The molecule has 0 unspecified atom stereocenters. The van der Waals surface area contributed by atoms with E-state index in [1.807, 2.05) is 61.2 Å². The Bertz CT molecular complexity index is 966. The summed E-state index contributed by atoms with van der Waals surface area (Å²) in [5.41, 5.74) is 4.43. The van der Waals surface area contributed by atoms with E-state index in [4.69, 9.17) is 4.74 Å². The summed E-state index contributed by atoms with van der Waals surface area (Å²) >= 11 is 0. The maximum atomic E-state index is 12.9. The lowest BCUT2D eigenvalue weighted by Crippen LogP contribution is -2.40. The Labute approximate surface area is 158 Å². The summed E-state index contributed by atoms with van der Waals surface area (Å²) in [6.45, 7) is 6.19. The smallest absolute Gasteiger partial charge is 0.272 e. The molecule has 27 heavy (non-hydrogen) atoms. The van der Waals surface area contributed by atoms with Crippen LogP contribution in [0.25, 0.3) is 0 Å². The lowest BCUT2D eigenvalue weighted by atomic mass is 10.2. The van der Waals surface area contributed by atoms with Gasteiger partial charge in [0.1, 0.15) is 23.7 Å². The van der Waals surface area contributed by atoms with Gasteiger partial charge in [0, 0.05) is 12.2 Å².